The molecule has 0 atom stereocenters. The molecule has 0 unspecified atom stereocenters. The van der Waals surface area contributed by atoms with E-state index in [0.29, 0.717) is 0 Å². The van der Waals surface area contributed by atoms with Crippen LogP contribution in [0, 0.1) is 23.7 Å². The van der Waals surface area contributed by atoms with Crippen LogP contribution in [-0.4, -0.2) is 0 Å². The predicted molar refractivity (Wildman–Crippen MR) is 92.4 cm³/mol. The molecule has 7 rings (SSSR count). The lowest BCUT2D eigenvalue weighted by Crippen LogP contribution is -2.55. The Morgan fingerprint density at radius 3 is 2.35 bits per heavy atom. The number of hydrogen-bond donors (Lipinski definition) is 0. The molecule has 1 nitrogen and oxygen atoms in total. The van der Waals surface area contributed by atoms with Crippen LogP contribution in [0.5, 0.6) is 5.75 Å². The Hall–Kier alpha value is -1.76. The fourth-order valence-corrected chi connectivity index (χ4v) is 6.74. The van der Waals surface area contributed by atoms with E-state index in [4.69, 9.17) is 4.74 Å². The van der Waals surface area contributed by atoms with Crippen molar-refractivity contribution < 1.29 is 4.74 Å². The maximum Gasteiger partial charge on any atom is 0.131 e. The van der Waals surface area contributed by atoms with Gasteiger partial charge in [-0.3, -0.25) is 0 Å². The summed E-state index contributed by atoms with van der Waals surface area (Å²) in [4.78, 5) is 0. The summed E-state index contributed by atoms with van der Waals surface area (Å²) in [7, 11) is 0. The van der Waals surface area contributed by atoms with Crippen molar-refractivity contribution in [3.8, 4) is 5.75 Å². The van der Waals surface area contributed by atoms with E-state index in [1.165, 1.54) is 48.4 Å². The molecule has 0 saturated heterocycles. The summed E-state index contributed by atoms with van der Waals surface area (Å²) in [5.74, 6) is 4.75. The molecule has 2 aromatic rings. The molecule has 2 aromatic carbocycles. The van der Waals surface area contributed by atoms with Crippen LogP contribution in [0.1, 0.15) is 37.7 Å². The number of fused-ring (bicyclic) bond motifs is 3. The van der Waals surface area contributed by atoms with Crippen molar-refractivity contribution in [2.45, 2.75) is 37.5 Å². The van der Waals surface area contributed by atoms with Gasteiger partial charge in [0.1, 0.15) is 5.75 Å². The Labute approximate surface area is 137 Å². The van der Waals surface area contributed by atoms with Gasteiger partial charge >= 0.3 is 0 Å². The number of rotatable bonds is 0. The van der Waals surface area contributed by atoms with Gasteiger partial charge in [-0.1, -0.05) is 30.3 Å². The van der Waals surface area contributed by atoms with Gasteiger partial charge in [-0.05, 0) is 78.7 Å². The summed E-state index contributed by atoms with van der Waals surface area (Å²) in [5, 5.41) is 2.78. The van der Waals surface area contributed by atoms with E-state index in [9.17, 15) is 0 Å². The topological polar surface area (TPSA) is 9.23 Å². The van der Waals surface area contributed by atoms with Crippen LogP contribution in [0.25, 0.3) is 10.8 Å². The molecule has 23 heavy (non-hydrogen) atoms. The Morgan fingerprint density at radius 2 is 1.57 bits per heavy atom. The number of allylic oxidation sites excluding steroid dienone is 1. The minimum Gasteiger partial charge on any atom is -0.465 e. The molecular weight excluding hydrogens is 280 g/mol. The molecule has 1 spiro atoms. The molecule has 0 amide bonds. The van der Waals surface area contributed by atoms with Crippen LogP contribution in [0.2, 0.25) is 0 Å². The average Bonchev–Trinajstić information content (AvgIpc) is 2.58. The van der Waals surface area contributed by atoms with E-state index >= 15 is 0 Å². The first kappa shape index (κ1) is 12.6. The minimum absolute atomic E-state index is 0.238. The van der Waals surface area contributed by atoms with E-state index in [2.05, 4.69) is 42.5 Å². The second kappa shape index (κ2) is 4.20. The number of benzene rings is 2. The number of hydrogen-bond acceptors (Lipinski definition) is 1. The average molecular weight is 302 g/mol. The highest BCUT2D eigenvalue weighted by molar-refractivity contribution is 5.89. The zero-order valence-corrected chi connectivity index (χ0v) is 13.4. The van der Waals surface area contributed by atoms with Crippen LogP contribution in [0.3, 0.4) is 0 Å². The molecule has 1 heterocycles. The molecule has 5 aliphatic rings. The minimum atomic E-state index is 0.238. The van der Waals surface area contributed by atoms with Crippen molar-refractivity contribution in [1.29, 1.82) is 0 Å². The van der Waals surface area contributed by atoms with Crippen molar-refractivity contribution >= 4 is 10.8 Å². The Balaban J connectivity index is 1.66. The van der Waals surface area contributed by atoms with Crippen LogP contribution < -0.4 is 4.74 Å². The third-order valence-electron chi connectivity index (χ3n) is 7.35. The summed E-state index contributed by atoms with van der Waals surface area (Å²) in [6, 6.07) is 13.3. The molecule has 1 aliphatic heterocycles. The van der Waals surface area contributed by atoms with E-state index < -0.39 is 0 Å². The van der Waals surface area contributed by atoms with Crippen molar-refractivity contribution in [3.05, 3.63) is 54.3 Å². The number of ether oxygens (including phenoxy) is 1. The molecule has 4 bridgehead atoms. The van der Waals surface area contributed by atoms with Crippen LogP contribution in [0.15, 0.2) is 48.7 Å². The van der Waals surface area contributed by atoms with Crippen molar-refractivity contribution in [2.75, 3.05) is 0 Å². The summed E-state index contributed by atoms with van der Waals surface area (Å²) in [5.41, 5.74) is 1.74. The molecule has 1 heteroatoms. The van der Waals surface area contributed by atoms with E-state index in [1.807, 2.05) is 6.26 Å². The van der Waals surface area contributed by atoms with Gasteiger partial charge in [0.25, 0.3) is 0 Å². The normalized spacial score (nSPS) is 39.7. The molecule has 4 saturated carbocycles. The van der Waals surface area contributed by atoms with Gasteiger partial charge in [-0.25, -0.2) is 0 Å². The smallest absolute Gasteiger partial charge is 0.131 e. The highest BCUT2D eigenvalue weighted by atomic mass is 16.5. The fourth-order valence-electron chi connectivity index (χ4n) is 6.74. The van der Waals surface area contributed by atoms with Crippen LogP contribution >= 0.6 is 0 Å². The van der Waals surface area contributed by atoms with Crippen molar-refractivity contribution in [3.63, 3.8) is 0 Å². The van der Waals surface area contributed by atoms with Gasteiger partial charge < -0.3 is 4.74 Å². The largest absolute Gasteiger partial charge is 0.465 e. The highest BCUT2D eigenvalue weighted by Gasteiger charge is 2.58. The maximum absolute atomic E-state index is 5.98. The summed E-state index contributed by atoms with van der Waals surface area (Å²) in [6.07, 6.45) is 11.7. The molecule has 4 aliphatic carbocycles. The Kier molecular flexibility index (Phi) is 2.31. The standard InChI is InChI=1S/C22H22O/c1-2-4-19-16(3-1)5-6-20-21(19)22(7-8-23-20)17-10-14-9-15(12-17)13-18(22)11-14/h1-8,14-15,17-18H,9-13H2. The van der Waals surface area contributed by atoms with Gasteiger partial charge in [-0.15, -0.1) is 0 Å². The Bertz CT molecular complexity index is 803. The zero-order valence-electron chi connectivity index (χ0n) is 13.4. The quantitative estimate of drug-likeness (QED) is 0.629. The molecule has 0 radical (unpaired) electrons. The SMILES string of the molecule is C1=CC2(c3c(ccc4ccccc34)O1)C1CC3CC(C1)CC2C3. The first-order valence-electron chi connectivity index (χ1n) is 9.21. The lowest BCUT2D eigenvalue weighted by Gasteiger charge is -2.61. The third-order valence-corrected chi connectivity index (χ3v) is 7.35. The second-order valence-corrected chi connectivity index (χ2v) is 8.32. The first-order valence-corrected chi connectivity index (χ1v) is 9.21. The van der Waals surface area contributed by atoms with Crippen LogP contribution in [0.4, 0.5) is 0 Å². The van der Waals surface area contributed by atoms with Gasteiger partial charge in [0.2, 0.25) is 0 Å². The lowest BCUT2D eigenvalue weighted by atomic mass is 9.43. The molecule has 0 aromatic heterocycles. The van der Waals surface area contributed by atoms with Crippen LogP contribution in [-0.2, 0) is 5.41 Å². The maximum atomic E-state index is 5.98. The molecule has 4 fully saturated rings. The highest BCUT2D eigenvalue weighted by Crippen LogP contribution is 2.65. The van der Waals surface area contributed by atoms with Crippen molar-refractivity contribution in [2.24, 2.45) is 23.7 Å². The summed E-state index contributed by atoms with van der Waals surface area (Å²) < 4.78 is 5.98. The molecule has 116 valence electrons. The van der Waals surface area contributed by atoms with Crippen molar-refractivity contribution in [1.82, 2.24) is 0 Å². The molecule has 0 N–H and O–H groups in total. The second-order valence-electron chi connectivity index (χ2n) is 8.32. The van der Waals surface area contributed by atoms with E-state index in [1.54, 1.807) is 0 Å². The zero-order chi connectivity index (χ0) is 15.0. The summed E-state index contributed by atoms with van der Waals surface area (Å²) >= 11 is 0. The van der Waals surface area contributed by atoms with Gasteiger partial charge in [0, 0.05) is 11.0 Å². The third kappa shape index (κ3) is 1.49. The predicted octanol–water partition coefficient (Wildman–Crippen LogP) is 5.44. The van der Waals surface area contributed by atoms with E-state index in [0.717, 1.165) is 29.4 Å². The van der Waals surface area contributed by atoms with Gasteiger partial charge in [-0.2, -0.15) is 0 Å². The molecular formula is C22H22O. The monoisotopic (exact) mass is 302 g/mol. The van der Waals surface area contributed by atoms with Gasteiger partial charge in [0.15, 0.2) is 0 Å². The van der Waals surface area contributed by atoms with Gasteiger partial charge in [0.05, 0.1) is 6.26 Å². The Morgan fingerprint density at radius 1 is 0.826 bits per heavy atom. The lowest BCUT2D eigenvalue weighted by molar-refractivity contribution is -0.0406. The summed E-state index contributed by atoms with van der Waals surface area (Å²) in [6.45, 7) is 0. The van der Waals surface area contributed by atoms with E-state index in [-0.39, 0.29) is 5.41 Å². The first-order chi connectivity index (χ1) is 11.3. The fraction of sp³-hybridized carbons (Fsp3) is 0.455.